The van der Waals surface area contributed by atoms with Crippen LogP contribution in [-0.2, 0) is 0 Å². The van der Waals surface area contributed by atoms with E-state index in [-0.39, 0.29) is 17.3 Å². The number of pyridine rings is 1. The normalized spacial score (nSPS) is 10.3. The number of hydrogen-bond acceptors (Lipinski definition) is 3. The Bertz CT molecular complexity index is 644. The Morgan fingerprint density at radius 2 is 2.05 bits per heavy atom. The van der Waals surface area contributed by atoms with Crippen LogP contribution in [0.5, 0.6) is 5.88 Å². The van der Waals surface area contributed by atoms with Crippen molar-refractivity contribution in [1.82, 2.24) is 4.98 Å². The second-order valence-electron chi connectivity index (χ2n) is 3.92. The maximum Gasteiger partial charge on any atom is 0.341 e. The van der Waals surface area contributed by atoms with Crippen LogP contribution < -0.4 is 4.74 Å². The summed E-state index contributed by atoms with van der Waals surface area (Å²) in [6.45, 7) is 2.05. The Balaban J connectivity index is 2.56. The molecule has 2 aromatic rings. The highest BCUT2D eigenvalue weighted by Gasteiger charge is 2.17. The van der Waals surface area contributed by atoms with Gasteiger partial charge in [-0.05, 0) is 53.2 Å². The van der Waals surface area contributed by atoms with Crippen molar-refractivity contribution < 1.29 is 19.0 Å². The summed E-state index contributed by atoms with van der Waals surface area (Å²) >= 11 is 3.28. The van der Waals surface area contributed by atoms with E-state index >= 15 is 0 Å². The third kappa shape index (κ3) is 2.96. The second-order valence-corrected chi connectivity index (χ2v) is 4.77. The van der Waals surface area contributed by atoms with Crippen LogP contribution in [0.25, 0.3) is 11.3 Å². The predicted octanol–water partition coefficient (Wildman–Crippen LogP) is 3.75. The fraction of sp³-hybridized carbons (Fsp3) is 0.143. The Morgan fingerprint density at radius 3 is 2.60 bits per heavy atom. The molecule has 104 valence electrons. The molecule has 0 radical (unpaired) electrons. The molecule has 0 bridgehead atoms. The van der Waals surface area contributed by atoms with E-state index in [0.717, 1.165) is 0 Å². The van der Waals surface area contributed by atoms with Crippen LogP contribution in [0.2, 0.25) is 0 Å². The fourth-order valence-corrected chi connectivity index (χ4v) is 2.23. The molecule has 0 spiro atoms. The standard InChI is InChI=1S/C14H11BrFNO3/c1-2-20-13-10(14(18)19)7-11(15)12(17-13)8-3-5-9(16)6-4-8/h3-7H,2H2,1H3,(H,18,19). The number of aromatic nitrogens is 1. The lowest BCUT2D eigenvalue weighted by Gasteiger charge is -2.10. The van der Waals surface area contributed by atoms with Gasteiger partial charge in [0, 0.05) is 10.0 Å². The molecule has 0 aliphatic carbocycles. The minimum absolute atomic E-state index is 0.0235. The maximum atomic E-state index is 12.9. The van der Waals surface area contributed by atoms with Gasteiger partial charge in [-0.3, -0.25) is 0 Å². The summed E-state index contributed by atoms with van der Waals surface area (Å²) in [5.41, 5.74) is 1.14. The lowest BCUT2D eigenvalue weighted by Crippen LogP contribution is -2.06. The van der Waals surface area contributed by atoms with Crippen molar-refractivity contribution in [3.05, 3.63) is 46.2 Å². The third-order valence-electron chi connectivity index (χ3n) is 2.57. The van der Waals surface area contributed by atoms with Gasteiger partial charge in [0.05, 0.1) is 12.3 Å². The Hall–Kier alpha value is -1.95. The summed E-state index contributed by atoms with van der Waals surface area (Å²) in [5, 5.41) is 9.12. The summed E-state index contributed by atoms with van der Waals surface area (Å²) in [5.74, 6) is -1.42. The molecule has 0 saturated carbocycles. The third-order valence-corrected chi connectivity index (χ3v) is 3.17. The average Bonchev–Trinajstić information content (AvgIpc) is 2.41. The van der Waals surface area contributed by atoms with E-state index in [2.05, 4.69) is 20.9 Å². The number of ether oxygens (including phenoxy) is 1. The highest BCUT2D eigenvalue weighted by Crippen LogP contribution is 2.31. The van der Waals surface area contributed by atoms with Crippen molar-refractivity contribution in [3.8, 4) is 17.1 Å². The first-order valence-corrected chi connectivity index (χ1v) is 6.64. The van der Waals surface area contributed by atoms with Crippen molar-refractivity contribution in [1.29, 1.82) is 0 Å². The zero-order valence-electron chi connectivity index (χ0n) is 10.6. The lowest BCUT2D eigenvalue weighted by molar-refractivity contribution is 0.0691. The number of carbonyl (C=O) groups is 1. The van der Waals surface area contributed by atoms with Gasteiger partial charge >= 0.3 is 5.97 Å². The molecular formula is C14H11BrFNO3. The molecule has 2 rings (SSSR count). The summed E-state index contributed by atoms with van der Waals surface area (Å²) in [6.07, 6.45) is 0. The predicted molar refractivity (Wildman–Crippen MR) is 75.5 cm³/mol. The van der Waals surface area contributed by atoms with Crippen LogP contribution in [0.15, 0.2) is 34.8 Å². The zero-order chi connectivity index (χ0) is 14.7. The zero-order valence-corrected chi connectivity index (χ0v) is 12.1. The van der Waals surface area contributed by atoms with Crippen LogP contribution in [-0.4, -0.2) is 22.7 Å². The average molecular weight is 340 g/mol. The molecule has 0 saturated heterocycles. The number of carboxylic acids is 1. The van der Waals surface area contributed by atoms with Crippen molar-refractivity contribution in [2.24, 2.45) is 0 Å². The van der Waals surface area contributed by atoms with Crippen LogP contribution >= 0.6 is 15.9 Å². The summed E-state index contributed by atoms with van der Waals surface area (Å²) in [7, 11) is 0. The topological polar surface area (TPSA) is 59.4 Å². The van der Waals surface area contributed by atoms with E-state index < -0.39 is 5.97 Å². The van der Waals surface area contributed by atoms with Gasteiger partial charge in [-0.15, -0.1) is 0 Å². The van der Waals surface area contributed by atoms with E-state index in [1.807, 2.05) is 0 Å². The second kappa shape index (κ2) is 6.00. The van der Waals surface area contributed by atoms with Gasteiger partial charge in [0.2, 0.25) is 5.88 Å². The fourth-order valence-electron chi connectivity index (χ4n) is 1.68. The number of halogens is 2. The highest BCUT2D eigenvalue weighted by atomic mass is 79.9. The van der Waals surface area contributed by atoms with Gasteiger partial charge in [-0.1, -0.05) is 0 Å². The minimum Gasteiger partial charge on any atom is -0.477 e. The molecule has 0 fully saturated rings. The number of hydrogen-bond donors (Lipinski definition) is 1. The number of aromatic carboxylic acids is 1. The van der Waals surface area contributed by atoms with E-state index in [0.29, 0.717) is 22.3 Å². The quantitative estimate of drug-likeness (QED) is 0.921. The maximum absolute atomic E-state index is 12.9. The van der Waals surface area contributed by atoms with Crippen LogP contribution in [0.3, 0.4) is 0 Å². The lowest BCUT2D eigenvalue weighted by atomic mass is 10.1. The van der Waals surface area contributed by atoms with E-state index in [1.54, 1.807) is 19.1 Å². The van der Waals surface area contributed by atoms with Crippen molar-refractivity contribution in [3.63, 3.8) is 0 Å². The first-order chi connectivity index (χ1) is 9.52. The molecule has 1 N–H and O–H groups in total. The molecule has 6 heteroatoms. The SMILES string of the molecule is CCOc1nc(-c2ccc(F)cc2)c(Br)cc1C(=O)O. The van der Waals surface area contributed by atoms with Gasteiger partial charge in [-0.2, -0.15) is 0 Å². The van der Waals surface area contributed by atoms with Gasteiger partial charge in [0.25, 0.3) is 0 Å². The van der Waals surface area contributed by atoms with E-state index in [9.17, 15) is 9.18 Å². The number of rotatable bonds is 4. The number of carboxylic acid groups (broad SMARTS) is 1. The Morgan fingerprint density at radius 1 is 1.40 bits per heavy atom. The van der Waals surface area contributed by atoms with Crippen molar-refractivity contribution in [2.45, 2.75) is 6.92 Å². The molecular weight excluding hydrogens is 329 g/mol. The number of nitrogens with zero attached hydrogens (tertiary/aromatic N) is 1. The van der Waals surface area contributed by atoms with Gasteiger partial charge in [-0.25, -0.2) is 14.2 Å². The molecule has 4 nitrogen and oxygen atoms in total. The summed E-state index contributed by atoms with van der Waals surface area (Å²) < 4.78 is 18.7. The van der Waals surface area contributed by atoms with Crippen LogP contribution in [0, 0.1) is 5.82 Å². The largest absolute Gasteiger partial charge is 0.477 e. The van der Waals surface area contributed by atoms with Gasteiger partial charge < -0.3 is 9.84 Å². The monoisotopic (exact) mass is 339 g/mol. The van der Waals surface area contributed by atoms with E-state index in [4.69, 9.17) is 9.84 Å². The van der Waals surface area contributed by atoms with Gasteiger partial charge in [0.15, 0.2) is 0 Å². The molecule has 1 heterocycles. The molecule has 0 atom stereocenters. The van der Waals surface area contributed by atoms with Gasteiger partial charge in [0.1, 0.15) is 11.4 Å². The summed E-state index contributed by atoms with van der Waals surface area (Å²) in [4.78, 5) is 15.4. The molecule has 1 aromatic heterocycles. The van der Waals surface area contributed by atoms with Crippen molar-refractivity contribution in [2.75, 3.05) is 6.61 Å². The minimum atomic E-state index is -1.12. The first-order valence-electron chi connectivity index (χ1n) is 5.85. The van der Waals surface area contributed by atoms with Crippen LogP contribution in [0.4, 0.5) is 4.39 Å². The molecule has 20 heavy (non-hydrogen) atoms. The molecule has 0 aliphatic rings. The molecule has 1 aromatic carbocycles. The smallest absolute Gasteiger partial charge is 0.341 e. The highest BCUT2D eigenvalue weighted by molar-refractivity contribution is 9.10. The number of benzene rings is 1. The van der Waals surface area contributed by atoms with E-state index in [1.165, 1.54) is 18.2 Å². The Labute approximate surface area is 123 Å². The van der Waals surface area contributed by atoms with Crippen LogP contribution in [0.1, 0.15) is 17.3 Å². The summed E-state index contributed by atoms with van der Waals surface area (Å²) in [6, 6.07) is 7.19. The molecule has 0 aliphatic heterocycles. The molecule has 0 amide bonds. The molecule has 0 unspecified atom stereocenters. The van der Waals surface area contributed by atoms with Crippen molar-refractivity contribution >= 4 is 21.9 Å². The Kier molecular flexibility index (Phi) is 4.34. The first kappa shape index (κ1) is 14.5.